The number of Topliss-reactive ketones (excluding diaryl/α,β-unsaturated/α-hetero) is 1. The standard InChI is InChI=1S/C18H19NO4.C14H13NO3/c1-13-10-16(23-12-14-6-4-3-5-7-14)18(19-11-13)15(20)8-9-17(21)22-2;1-10-7-12(13(14(16)17)15-8-10)18-9-11-5-3-2-4-6-11/h3-7,10-11H,8-9,12H2,1-2H3;2-8H,9H2,1H3,(H,16,17). The molecule has 9 heteroatoms. The second-order valence-electron chi connectivity index (χ2n) is 9.07. The van der Waals surface area contributed by atoms with E-state index in [0.717, 1.165) is 22.3 Å². The average molecular weight is 557 g/mol. The zero-order valence-corrected chi connectivity index (χ0v) is 23.2. The van der Waals surface area contributed by atoms with E-state index < -0.39 is 11.9 Å². The van der Waals surface area contributed by atoms with Gasteiger partial charge < -0.3 is 19.3 Å². The Balaban J connectivity index is 0.000000232. The summed E-state index contributed by atoms with van der Waals surface area (Å²) in [6.07, 6.45) is 3.20. The lowest BCUT2D eigenvalue weighted by atomic mass is 10.1. The topological polar surface area (TPSA) is 125 Å². The van der Waals surface area contributed by atoms with Gasteiger partial charge in [0, 0.05) is 18.8 Å². The molecule has 0 atom stereocenters. The number of methoxy groups -OCH3 is 1. The van der Waals surface area contributed by atoms with Crippen LogP contribution in [0.1, 0.15) is 56.1 Å². The molecule has 4 rings (SSSR count). The molecular weight excluding hydrogens is 524 g/mol. The largest absolute Gasteiger partial charge is 0.486 e. The number of carboxylic acid groups (broad SMARTS) is 1. The molecule has 9 nitrogen and oxygen atoms in total. The Kier molecular flexibility index (Phi) is 11.5. The second kappa shape index (κ2) is 15.5. The van der Waals surface area contributed by atoms with E-state index in [1.165, 1.54) is 13.3 Å². The van der Waals surface area contributed by atoms with Gasteiger partial charge >= 0.3 is 11.9 Å². The van der Waals surface area contributed by atoms with Crippen molar-refractivity contribution in [2.45, 2.75) is 39.9 Å². The number of rotatable bonds is 11. The van der Waals surface area contributed by atoms with E-state index >= 15 is 0 Å². The highest BCUT2D eigenvalue weighted by atomic mass is 16.5. The number of aromatic nitrogens is 2. The fourth-order valence-corrected chi connectivity index (χ4v) is 3.58. The normalized spacial score (nSPS) is 10.1. The van der Waals surface area contributed by atoms with E-state index in [-0.39, 0.29) is 30.0 Å². The molecule has 0 aliphatic carbocycles. The molecule has 0 saturated carbocycles. The molecule has 0 aliphatic rings. The number of carboxylic acids is 1. The van der Waals surface area contributed by atoms with E-state index in [0.29, 0.717) is 24.7 Å². The van der Waals surface area contributed by atoms with Crippen LogP contribution in [-0.4, -0.2) is 39.9 Å². The SMILES string of the molecule is COC(=O)CCC(=O)c1ncc(C)cc1OCc1ccccc1.Cc1cnc(C(=O)O)c(OCc2ccccc2)c1. The number of carbonyl (C=O) groups excluding carboxylic acids is 2. The molecule has 4 aromatic rings. The second-order valence-corrected chi connectivity index (χ2v) is 9.07. The van der Waals surface area contributed by atoms with E-state index in [4.69, 9.17) is 14.6 Å². The third-order valence-corrected chi connectivity index (χ3v) is 5.70. The number of aryl methyl sites for hydroxylation is 2. The van der Waals surface area contributed by atoms with Gasteiger partial charge in [0.25, 0.3) is 0 Å². The van der Waals surface area contributed by atoms with Crippen LogP contribution in [-0.2, 0) is 22.7 Å². The molecule has 0 unspecified atom stereocenters. The van der Waals surface area contributed by atoms with Crippen LogP contribution in [0.2, 0.25) is 0 Å². The lowest BCUT2D eigenvalue weighted by molar-refractivity contribution is -0.140. The third kappa shape index (κ3) is 9.89. The quantitative estimate of drug-likeness (QED) is 0.181. The molecule has 0 fully saturated rings. The van der Waals surface area contributed by atoms with Crippen molar-refractivity contribution in [3.8, 4) is 11.5 Å². The molecule has 2 aromatic carbocycles. The minimum Gasteiger partial charge on any atom is -0.486 e. The van der Waals surface area contributed by atoms with Gasteiger partial charge in [-0.2, -0.15) is 0 Å². The van der Waals surface area contributed by atoms with E-state index in [1.54, 1.807) is 18.3 Å². The summed E-state index contributed by atoms with van der Waals surface area (Å²) in [5.41, 5.74) is 3.94. The van der Waals surface area contributed by atoms with Crippen molar-refractivity contribution < 1.29 is 33.7 Å². The molecule has 0 bridgehead atoms. The van der Waals surface area contributed by atoms with Crippen LogP contribution in [0.25, 0.3) is 0 Å². The fraction of sp³-hybridized carbons (Fsp3) is 0.219. The third-order valence-electron chi connectivity index (χ3n) is 5.70. The summed E-state index contributed by atoms with van der Waals surface area (Å²) < 4.78 is 15.8. The lowest BCUT2D eigenvalue weighted by Crippen LogP contribution is -2.10. The van der Waals surface area contributed by atoms with Crippen LogP contribution in [0.15, 0.2) is 85.2 Å². The van der Waals surface area contributed by atoms with Gasteiger partial charge in [-0.25, -0.2) is 14.8 Å². The highest BCUT2D eigenvalue weighted by molar-refractivity contribution is 5.98. The molecule has 0 spiro atoms. The van der Waals surface area contributed by atoms with Crippen LogP contribution in [0.5, 0.6) is 11.5 Å². The zero-order chi connectivity index (χ0) is 29.6. The molecule has 0 radical (unpaired) electrons. The average Bonchev–Trinajstić information content (AvgIpc) is 2.99. The van der Waals surface area contributed by atoms with Gasteiger partial charge in [-0.05, 0) is 48.2 Å². The molecule has 2 heterocycles. The van der Waals surface area contributed by atoms with Gasteiger partial charge in [0.1, 0.15) is 24.7 Å². The molecule has 212 valence electrons. The van der Waals surface area contributed by atoms with Gasteiger partial charge in [0.15, 0.2) is 17.2 Å². The molecule has 1 N–H and O–H groups in total. The van der Waals surface area contributed by atoms with E-state index in [2.05, 4.69) is 14.7 Å². The summed E-state index contributed by atoms with van der Waals surface area (Å²) in [5.74, 6) is -1.01. The highest BCUT2D eigenvalue weighted by Gasteiger charge is 2.17. The first-order valence-electron chi connectivity index (χ1n) is 12.9. The van der Waals surface area contributed by atoms with Crippen molar-refractivity contribution in [1.82, 2.24) is 9.97 Å². The number of pyridine rings is 2. The Morgan fingerprint density at radius 2 is 1.17 bits per heavy atom. The van der Waals surface area contributed by atoms with Crippen molar-refractivity contribution in [3.63, 3.8) is 0 Å². The number of nitrogens with zero attached hydrogens (tertiary/aromatic N) is 2. The number of hydrogen-bond acceptors (Lipinski definition) is 8. The first kappa shape index (κ1) is 30.5. The van der Waals surface area contributed by atoms with Crippen LogP contribution >= 0.6 is 0 Å². The molecule has 0 amide bonds. The summed E-state index contributed by atoms with van der Waals surface area (Å²) in [7, 11) is 1.30. The monoisotopic (exact) mass is 556 g/mol. The van der Waals surface area contributed by atoms with Crippen molar-refractivity contribution in [1.29, 1.82) is 0 Å². The summed E-state index contributed by atoms with van der Waals surface area (Å²) in [6.45, 7) is 4.40. The van der Waals surface area contributed by atoms with Crippen molar-refractivity contribution >= 4 is 17.7 Å². The van der Waals surface area contributed by atoms with E-state index in [9.17, 15) is 14.4 Å². The van der Waals surface area contributed by atoms with Crippen LogP contribution in [0.3, 0.4) is 0 Å². The minimum atomic E-state index is -1.09. The summed E-state index contributed by atoms with van der Waals surface area (Å²) >= 11 is 0. The van der Waals surface area contributed by atoms with Gasteiger partial charge in [0.2, 0.25) is 0 Å². The maximum absolute atomic E-state index is 12.3. The number of carbonyl (C=O) groups is 3. The smallest absolute Gasteiger partial charge is 0.358 e. The molecular formula is C32H32N2O7. The van der Waals surface area contributed by atoms with Crippen molar-refractivity contribution in [3.05, 3.63) is 119 Å². The Labute approximate surface area is 238 Å². The maximum atomic E-state index is 12.3. The number of aromatic carboxylic acids is 1. The number of benzene rings is 2. The van der Waals surface area contributed by atoms with Crippen LogP contribution in [0.4, 0.5) is 0 Å². The Morgan fingerprint density at radius 3 is 1.63 bits per heavy atom. The van der Waals surface area contributed by atoms with Crippen LogP contribution < -0.4 is 9.47 Å². The van der Waals surface area contributed by atoms with Gasteiger partial charge in [0.05, 0.1) is 13.5 Å². The number of ether oxygens (including phenoxy) is 3. The number of esters is 1. The summed E-state index contributed by atoms with van der Waals surface area (Å²) in [5, 5.41) is 9.01. The van der Waals surface area contributed by atoms with Gasteiger partial charge in [-0.15, -0.1) is 0 Å². The van der Waals surface area contributed by atoms with E-state index in [1.807, 2.05) is 74.5 Å². The molecule has 0 aliphatic heterocycles. The van der Waals surface area contributed by atoms with Gasteiger partial charge in [-0.1, -0.05) is 60.7 Å². The van der Waals surface area contributed by atoms with Crippen LogP contribution in [0, 0.1) is 13.8 Å². The predicted octanol–water partition coefficient (Wildman–Crippen LogP) is 5.77. The molecule has 2 aromatic heterocycles. The van der Waals surface area contributed by atoms with Gasteiger partial charge in [-0.3, -0.25) is 9.59 Å². The van der Waals surface area contributed by atoms with Crippen molar-refractivity contribution in [2.75, 3.05) is 7.11 Å². The lowest BCUT2D eigenvalue weighted by Gasteiger charge is -2.11. The predicted molar refractivity (Wildman–Crippen MR) is 152 cm³/mol. The first-order valence-corrected chi connectivity index (χ1v) is 12.9. The number of hydrogen-bond donors (Lipinski definition) is 1. The van der Waals surface area contributed by atoms with Crippen molar-refractivity contribution in [2.24, 2.45) is 0 Å². The minimum absolute atomic E-state index is 0.0308. The fourth-order valence-electron chi connectivity index (χ4n) is 3.58. The molecule has 41 heavy (non-hydrogen) atoms. The zero-order valence-electron chi connectivity index (χ0n) is 23.2. The Hall–Kier alpha value is -5.05. The maximum Gasteiger partial charge on any atom is 0.358 e. The molecule has 0 saturated heterocycles. The Bertz CT molecular complexity index is 1460. The summed E-state index contributed by atoms with van der Waals surface area (Å²) in [6, 6.07) is 22.7. The Morgan fingerprint density at radius 1 is 0.707 bits per heavy atom. The number of ketones is 1. The highest BCUT2D eigenvalue weighted by Crippen LogP contribution is 2.22. The summed E-state index contributed by atoms with van der Waals surface area (Å²) in [4.78, 5) is 42.5. The first-order chi connectivity index (χ1) is 19.8.